The molecule has 0 aliphatic carbocycles. The molecule has 1 saturated heterocycles. The van der Waals surface area contributed by atoms with E-state index in [1.807, 2.05) is 57.2 Å². The Kier molecular flexibility index (Phi) is 9.11. The number of ether oxygens (including phenoxy) is 2. The zero-order valence-electron chi connectivity index (χ0n) is 20.9. The number of esters is 1. The molecule has 1 amide bonds. The molecule has 2 unspecified atom stereocenters. The number of likely N-dealkylation sites (tertiary alicyclic amines) is 1. The number of hydrogen-bond donors (Lipinski definition) is 0. The summed E-state index contributed by atoms with van der Waals surface area (Å²) in [5, 5.41) is 0. The molecule has 1 aliphatic rings. The lowest BCUT2D eigenvalue weighted by Gasteiger charge is -2.46. The summed E-state index contributed by atoms with van der Waals surface area (Å²) in [6.07, 6.45) is 1.52. The highest BCUT2D eigenvalue weighted by atomic mass is 16.6. The van der Waals surface area contributed by atoms with Crippen LogP contribution in [0.15, 0.2) is 60.7 Å². The summed E-state index contributed by atoms with van der Waals surface area (Å²) in [6, 6.07) is 20.3. The second kappa shape index (κ2) is 12.0. The van der Waals surface area contributed by atoms with Crippen LogP contribution in [0.2, 0.25) is 0 Å². The molecule has 0 radical (unpaired) electrons. The van der Waals surface area contributed by atoms with E-state index in [1.54, 1.807) is 11.8 Å². The van der Waals surface area contributed by atoms with E-state index in [9.17, 15) is 9.59 Å². The van der Waals surface area contributed by atoms with Gasteiger partial charge in [-0.05, 0) is 51.7 Å². The number of amides is 1. The van der Waals surface area contributed by atoms with Crippen molar-refractivity contribution in [2.24, 2.45) is 0 Å². The standard InChI is InChI=1S/C28H38N2O4/c1-5-33-26(31)19-25-24(17-12-18-30(25)27(32)34-28(2,3)4)29(20-22-13-8-6-9-14-22)21-23-15-10-7-11-16-23/h6-11,13-16,24-25H,5,12,17-21H2,1-4H3. The molecule has 0 aromatic heterocycles. The third-order valence-corrected chi connectivity index (χ3v) is 5.98. The molecule has 0 saturated carbocycles. The van der Waals surface area contributed by atoms with Crippen LogP contribution in [0.25, 0.3) is 0 Å². The van der Waals surface area contributed by atoms with Crippen molar-refractivity contribution in [3.8, 4) is 0 Å². The normalized spacial score (nSPS) is 18.6. The van der Waals surface area contributed by atoms with Gasteiger partial charge in [-0.25, -0.2) is 4.79 Å². The van der Waals surface area contributed by atoms with E-state index in [0.29, 0.717) is 13.2 Å². The maximum absolute atomic E-state index is 13.2. The number of piperidine rings is 1. The topological polar surface area (TPSA) is 59.1 Å². The predicted molar refractivity (Wildman–Crippen MR) is 133 cm³/mol. The molecule has 1 fully saturated rings. The van der Waals surface area contributed by atoms with Crippen LogP contribution in [0.3, 0.4) is 0 Å². The predicted octanol–water partition coefficient (Wildman–Crippen LogP) is 5.41. The number of benzene rings is 2. The van der Waals surface area contributed by atoms with Crippen molar-refractivity contribution in [3.63, 3.8) is 0 Å². The Morgan fingerprint density at radius 3 is 2.03 bits per heavy atom. The van der Waals surface area contributed by atoms with Crippen LogP contribution >= 0.6 is 0 Å². The zero-order valence-corrected chi connectivity index (χ0v) is 20.9. The highest BCUT2D eigenvalue weighted by Gasteiger charge is 2.40. The maximum atomic E-state index is 13.2. The summed E-state index contributed by atoms with van der Waals surface area (Å²) in [4.78, 5) is 30.0. The van der Waals surface area contributed by atoms with E-state index in [0.717, 1.165) is 25.9 Å². The Labute approximate surface area is 203 Å². The number of carbonyl (C=O) groups excluding carboxylic acids is 2. The van der Waals surface area contributed by atoms with Gasteiger partial charge in [0.2, 0.25) is 0 Å². The molecule has 6 nitrogen and oxygen atoms in total. The van der Waals surface area contributed by atoms with Crippen LogP contribution in [-0.4, -0.2) is 52.7 Å². The molecule has 184 valence electrons. The summed E-state index contributed by atoms with van der Waals surface area (Å²) in [5.41, 5.74) is 1.79. The fourth-order valence-electron chi connectivity index (χ4n) is 4.57. The number of rotatable bonds is 8. The van der Waals surface area contributed by atoms with Crippen molar-refractivity contribution in [2.45, 2.75) is 77.7 Å². The first kappa shape index (κ1) is 25.8. The summed E-state index contributed by atoms with van der Waals surface area (Å²) in [7, 11) is 0. The minimum Gasteiger partial charge on any atom is -0.466 e. The average molecular weight is 467 g/mol. The molecule has 2 aromatic rings. The van der Waals surface area contributed by atoms with Gasteiger partial charge in [-0.2, -0.15) is 0 Å². The molecule has 1 aliphatic heterocycles. The van der Waals surface area contributed by atoms with E-state index < -0.39 is 5.60 Å². The highest BCUT2D eigenvalue weighted by Crippen LogP contribution is 2.29. The molecule has 2 atom stereocenters. The Balaban J connectivity index is 1.93. The molecule has 2 aromatic carbocycles. The maximum Gasteiger partial charge on any atom is 0.410 e. The van der Waals surface area contributed by atoms with Crippen molar-refractivity contribution >= 4 is 12.1 Å². The highest BCUT2D eigenvalue weighted by molar-refractivity contribution is 5.73. The van der Waals surface area contributed by atoms with Gasteiger partial charge in [-0.15, -0.1) is 0 Å². The van der Waals surface area contributed by atoms with E-state index in [4.69, 9.17) is 9.47 Å². The second-order valence-electron chi connectivity index (χ2n) is 9.84. The number of hydrogen-bond acceptors (Lipinski definition) is 5. The second-order valence-corrected chi connectivity index (χ2v) is 9.84. The quantitative estimate of drug-likeness (QED) is 0.487. The Morgan fingerprint density at radius 1 is 0.971 bits per heavy atom. The van der Waals surface area contributed by atoms with Gasteiger partial charge in [0, 0.05) is 25.7 Å². The Bertz CT molecular complexity index is 870. The van der Waals surface area contributed by atoms with Crippen LogP contribution < -0.4 is 0 Å². The van der Waals surface area contributed by atoms with E-state index in [-0.39, 0.29) is 30.6 Å². The first-order valence-electron chi connectivity index (χ1n) is 12.2. The molecule has 1 heterocycles. The Hall–Kier alpha value is -2.86. The lowest BCUT2D eigenvalue weighted by atomic mass is 9.91. The number of nitrogens with zero attached hydrogens (tertiary/aromatic N) is 2. The minimum absolute atomic E-state index is 0.00825. The fourth-order valence-corrected chi connectivity index (χ4v) is 4.57. The van der Waals surface area contributed by atoms with E-state index in [1.165, 1.54) is 11.1 Å². The molecule has 6 heteroatoms. The third kappa shape index (κ3) is 7.59. The van der Waals surface area contributed by atoms with Gasteiger partial charge in [-0.1, -0.05) is 60.7 Å². The van der Waals surface area contributed by atoms with Gasteiger partial charge in [0.15, 0.2) is 0 Å². The van der Waals surface area contributed by atoms with Gasteiger partial charge < -0.3 is 14.4 Å². The van der Waals surface area contributed by atoms with Crippen molar-refractivity contribution in [1.29, 1.82) is 0 Å². The van der Waals surface area contributed by atoms with E-state index in [2.05, 4.69) is 29.2 Å². The molecule has 0 N–H and O–H groups in total. The van der Waals surface area contributed by atoms with Gasteiger partial charge in [-0.3, -0.25) is 9.69 Å². The summed E-state index contributed by atoms with van der Waals surface area (Å²) >= 11 is 0. The van der Waals surface area contributed by atoms with Crippen LogP contribution in [0.5, 0.6) is 0 Å². The average Bonchev–Trinajstić information content (AvgIpc) is 2.79. The summed E-state index contributed by atoms with van der Waals surface area (Å²) in [5.74, 6) is -0.285. The van der Waals surface area contributed by atoms with Crippen LogP contribution in [0.1, 0.15) is 58.1 Å². The molecule has 34 heavy (non-hydrogen) atoms. The van der Waals surface area contributed by atoms with Gasteiger partial charge >= 0.3 is 12.1 Å². The van der Waals surface area contributed by atoms with E-state index >= 15 is 0 Å². The molecular weight excluding hydrogens is 428 g/mol. The largest absolute Gasteiger partial charge is 0.466 e. The minimum atomic E-state index is -0.605. The lowest BCUT2D eigenvalue weighted by molar-refractivity contribution is -0.145. The fraction of sp³-hybridized carbons (Fsp3) is 0.500. The van der Waals surface area contributed by atoms with Crippen molar-refractivity contribution in [1.82, 2.24) is 9.80 Å². The van der Waals surface area contributed by atoms with Crippen molar-refractivity contribution in [3.05, 3.63) is 71.8 Å². The van der Waals surface area contributed by atoms with Crippen LogP contribution in [-0.2, 0) is 27.4 Å². The van der Waals surface area contributed by atoms with Gasteiger partial charge in [0.25, 0.3) is 0 Å². The Morgan fingerprint density at radius 2 is 1.53 bits per heavy atom. The molecular formula is C28H38N2O4. The first-order chi connectivity index (χ1) is 16.3. The summed E-state index contributed by atoms with van der Waals surface area (Å²) in [6.45, 7) is 9.74. The lowest BCUT2D eigenvalue weighted by Crippen LogP contribution is -2.58. The molecule has 0 spiro atoms. The van der Waals surface area contributed by atoms with Crippen LogP contribution in [0.4, 0.5) is 4.79 Å². The monoisotopic (exact) mass is 466 g/mol. The third-order valence-electron chi connectivity index (χ3n) is 5.98. The molecule has 3 rings (SSSR count). The van der Waals surface area contributed by atoms with Crippen molar-refractivity contribution in [2.75, 3.05) is 13.2 Å². The number of carbonyl (C=O) groups is 2. The van der Waals surface area contributed by atoms with Crippen LogP contribution in [0, 0.1) is 0 Å². The van der Waals surface area contributed by atoms with Crippen molar-refractivity contribution < 1.29 is 19.1 Å². The molecule has 0 bridgehead atoms. The smallest absolute Gasteiger partial charge is 0.410 e. The van der Waals surface area contributed by atoms with Gasteiger partial charge in [0.05, 0.1) is 19.1 Å². The van der Waals surface area contributed by atoms with Gasteiger partial charge in [0.1, 0.15) is 5.60 Å². The first-order valence-corrected chi connectivity index (χ1v) is 12.2. The summed E-state index contributed by atoms with van der Waals surface area (Å²) < 4.78 is 11.0. The SMILES string of the molecule is CCOC(=O)CC1C(N(Cc2ccccc2)Cc2ccccc2)CCCN1C(=O)OC(C)(C)C. The zero-order chi connectivity index (χ0) is 24.6.